The Labute approximate surface area is 408 Å². The van der Waals surface area contributed by atoms with Crippen LogP contribution in [-0.2, 0) is 10.8 Å². The minimum absolute atomic E-state index is 0.147. The molecular formula is C68H47NO. The molecule has 0 fully saturated rings. The lowest BCUT2D eigenvalue weighted by molar-refractivity contribution is 0.660. The molecule has 0 spiro atoms. The van der Waals surface area contributed by atoms with Gasteiger partial charge in [-0.3, -0.25) is 0 Å². The van der Waals surface area contributed by atoms with Crippen LogP contribution in [0.2, 0.25) is 0 Å². The van der Waals surface area contributed by atoms with Gasteiger partial charge in [0.2, 0.25) is 0 Å². The lowest BCUT2D eigenvalue weighted by Gasteiger charge is -2.34. The van der Waals surface area contributed by atoms with Crippen LogP contribution in [0.4, 0.5) is 17.1 Å². The third-order valence-electron chi connectivity index (χ3n) is 15.5. The SMILES string of the molecule is CC1(C)c2ccccc2-c2ccc(N(c3ccccc3)c3cccc4oc5c6ccccc6c(-c6ccc7c(c6)C(c6ccccc6)(c6ccccc6)c6cccc(-c8ccccc8)c6-7)cc5c34)cc21. The van der Waals surface area contributed by atoms with Gasteiger partial charge in [0.15, 0.2) is 0 Å². The maximum absolute atomic E-state index is 7.06. The molecule has 14 rings (SSSR count). The largest absolute Gasteiger partial charge is 0.455 e. The predicted molar refractivity (Wildman–Crippen MR) is 292 cm³/mol. The average molecular weight is 894 g/mol. The third-order valence-corrected chi connectivity index (χ3v) is 15.5. The fourth-order valence-corrected chi connectivity index (χ4v) is 12.5. The van der Waals surface area contributed by atoms with E-state index in [4.69, 9.17) is 4.42 Å². The molecule has 11 aromatic carbocycles. The van der Waals surface area contributed by atoms with Gasteiger partial charge >= 0.3 is 0 Å². The summed E-state index contributed by atoms with van der Waals surface area (Å²) in [5.41, 5.74) is 22.0. The Morgan fingerprint density at radius 1 is 0.357 bits per heavy atom. The van der Waals surface area contributed by atoms with E-state index in [-0.39, 0.29) is 5.41 Å². The van der Waals surface area contributed by atoms with Gasteiger partial charge in [0.25, 0.3) is 0 Å². The van der Waals surface area contributed by atoms with Gasteiger partial charge in [-0.25, -0.2) is 0 Å². The van der Waals surface area contributed by atoms with Gasteiger partial charge in [-0.2, -0.15) is 0 Å². The Hall–Kier alpha value is -8.72. The molecule has 0 unspecified atom stereocenters. The van der Waals surface area contributed by atoms with Crippen LogP contribution in [0, 0.1) is 0 Å². The molecule has 70 heavy (non-hydrogen) atoms. The molecule has 0 bridgehead atoms. The Balaban J connectivity index is 1.03. The summed E-state index contributed by atoms with van der Waals surface area (Å²) in [6, 6.07) is 91.7. The number of hydrogen-bond donors (Lipinski definition) is 0. The quantitative estimate of drug-likeness (QED) is 0.158. The summed E-state index contributed by atoms with van der Waals surface area (Å²) in [5.74, 6) is 0. The van der Waals surface area contributed by atoms with Gasteiger partial charge in [0.1, 0.15) is 11.2 Å². The Kier molecular flexibility index (Phi) is 8.88. The Morgan fingerprint density at radius 2 is 0.957 bits per heavy atom. The normalized spacial score (nSPS) is 13.8. The van der Waals surface area contributed by atoms with Crippen LogP contribution in [0.3, 0.4) is 0 Å². The monoisotopic (exact) mass is 893 g/mol. The van der Waals surface area contributed by atoms with E-state index in [1.165, 1.54) is 72.3 Å². The van der Waals surface area contributed by atoms with Crippen molar-refractivity contribution in [3.63, 3.8) is 0 Å². The second-order valence-electron chi connectivity index (χ2n) is 19.5. The molecule has 0 radical (unpaired) electrons. The zero-order valence-electron chi connectivity index (χ0n) is 39.0. The van der Waals surface area contributed by atoms with E-state index in [1.807, 2.05) is 0 Å². The van der Waals surface area contributed by atoms with E-state index in [9.17, 15) is 0 Å². The van der Waals surface area contributed by atoms with Crippen molar-refractivity contribution < 1.29 is 4.42 Å². The lowest BCUT2D eigenvalue weighted by Crippen LogP contribution is -2.28. The minimum Gasteiger partial charge on any atom is -0.455 e. The minimum atomic E-state index is -0.578. The fraction of sp³-hybridized carbons (Fsp3) is 0.0588. The molecule has 330 valence electrons. The number of anilines is 3. The number of para-hydroxylation sites is 1. The molecule has 1 aromatic heterocycles. The van der Waals surface area contributed by atoms with Gasteiger partial charge < -0.3 is 9.32 Å². The van der Waals surface area contributed by atoms with Crippen molar-refractivity contribution >= 4 is 49.8 Å². The molecule has 0 N–H and O–H groups in total. The second kappa shape index (κ2) is 15.4. The van der Waals surface area contributed by atoms with Crippen LogP contribution in [0.25, 0.3) is 77.2 Å². The molecule has 2 heteroatoms. The maximum Gasteiger partial charge on any atom is 0.143 e. The van der Waals surface area contributed by atoms with Gasteiger partial charge in [0.05, 0.1) is 16.5 Å². The Bertz CT molecular complexity index is 3980. The maximum atomic E-state index is 7.06. The molecule has 1 heterocycles. The molecule has 0 amide bonds. The van der Waals surface area contributed by atoms with Crippen molar-refractivity contribution in [2.24, 2.45) is 0 Å². The van der Waals surface area contributed by atoms with E-state index in [0.29, 0.717) is 0 Å². The predicted octanol–water partition coefficient (Wildman–Crippen LogP) is 18.2. The van der Waals surface area contributed by atoms with Crippen LogP contribution < -0.4 is 4.90 Å². The highest BCUT2D eigenvalue weighted by atomic mass is 16.3. The summed E-state index contributed by atoms with van der Waals surface area (Å²) in [4.78, 5) is 2.43. The van der Waals surface area contributed by atoms with Crippen LogP contribution in [0.5, 0.6) is 0 Å². The molecule has 2 aliphatic rings. The van der Waals surface area contributed by atoms with Gasteiger partial charge in [-0.15, -0.1) is 0 Å². The van der Waals surface area contributed by atoms with Crippen molar-refractivity contribution in [1.29, 1.82) is 0 Å². The molecule has 2 aliphatic carbocycles. The zero-order valence-corrected chi connectivity index (χ0v) is 39.0. The number of nitrogens with zero attached hydrogens (tertiary/aromatic N) is 1. The van der Waals surface area contributed by atoms with Crippen molar-refractivity contribution in [3.05, 3.63) is 282 Å². The van der Waals surface area contributed by atoms with E-state index < -0.39 is 5.41 Å². The highest BCUT2D eigenvalue weighted by Gasteiger charge is 2.47. The van der Waals surface area contributed by atoms with E-state index in [1.54, 1.807) is 0 Å². The topological polar surface area (TPSA) is 16.4 Å². The summed E-state index contributed by atoms with van der Waals surface area (Å²) in [6.07, 6.45) is 0. The molecule has 2 nitrogen and oxygen atoms in total. The smallest absolute Gasteiger partial charge is 0.143 e. The number of fused-ring (bicyclic) bond motifs is 11. The van der Waals surface area contributed by atoms with E-state index >= 15 is 0 Å². The van der Waals surface area contributed by atoms with Gasteiger partial charge in [-0.05, 0) is 132 Å². The summed E-state index contributed by atoms with van der Waals surface area (Å²) >= 11 is 0. The molecule has 0 atom stereocenters. The average Bonchev–Trinajstić information content (AvgIpc) is 4.03. The first-order valence-corrected chi connectivity index (χ1v) is 24.4. The molecule has 12 aromatic rings. The number of furan rings is 1. The van der Waals surface area contributed by atoms with E-state index in [2.05, 4.69) is 267 Å². The summed E-state index contributed by atoms with van der Waals surface area (Å²) in [5, 5.41) is 4.41. The van der Waals surface area contributed by atoms with Crippen molar-refractivity contribution in [3.8, 4) is 44.5 Å². The van der Waals surface area contributed by atoms with Crippen LogP contribution in [0.1, 0.15) is 47.2 Å². The summed E-state index contributed by atoms with van der Waals surface area (Å²) < 4.78 is 7.06. The molecule has 0 aliphatic heterocycles. The molecule has 0 saturated heterocycles. The van der Waals surface area contributed by atoms with Gasteiger partial charge in [0, 0.05) is 27.6 Å². The fourth-order valence-electron chi connectivity index (χ4n) is 12.5. The summed E-state index contributed by atoms with van der Waals surface area (Å²) in [7, 11) is 0. The number of hydrogen-bond acceptors (Lipinski definition) is 2. The molecule has 0 saturated carbocycles. The number of benzene rings is 11. The van der Waals surface area contributed by atoms with Crippen LogP contribution >= 0.6 is 0 Å². The molecular weight excluding hydrogens is 847 g/mol. The zero-order chi connectivity index (χ0) is 46.6. The van der Waals surface area contributed by atoms with Crippen molar-refractivity contribution in [2.75, 3.05) is 4.90 Å². The first-order chi connectivity index (χ1) is 34.5. The highest BCUT2D eigenvalue weighted by molar-refractivity contribution is 6.22. The van der Waals surface area contributed by atoms with Crippen molar-refractivity contribution in [1.82, 2.24) is 0 Å². The third kappa shape index (κ3) is 5.74. The lowest BCUT2D eigenvalue weighted by atomic mass is 9.67. The highest BCUT2D eigenvalue weighted by Crippen LogP contribution is 2.59. The van der Waals surface area contributed by atoms with Gasteiger partial charge in [-0.1, -0.05) is 214 Å². The standard InChI is InChI=1S/C68H47NO/c1-67(2)58-33-18-17-30-52(58)53-40-38-49(42-60(53)67)69(48-27-13-6-14-28-48)62-35-20-36-63-65(62)57-43-56(51-29-15-16-31-54(51)66(57)70-63)45-37-39-55-61(41-45)68(46-23-9-4-10-24-46,47-25-11-5-12-26-47)59-34-19-32-50(64(55)59)44-21-7-3-8-22-44/h3-43H,1-2H3. The summed E-state index contributed by atoms with van der Waals surface area (Å²) in [6.45, 7) is 4.71. The van der Waals surface area contributed by atoms with Crippen LogP contribution in [-0.4, -0.2) is 0 Å². The number of rotatable bonds is 7. The first-order valence-electron chi connectivity index (χ1n) is 24.4. The van der Waals surface area contributed by atoms with Crippen LogP contribution in [0.15, 0.2) is 253 Å². The van der Waals surface area contributed by atoms with E-state index in [0.717, 1.165) is 55.3 Å². The first kappa shape index (κ1) is 40.4. The Morgan fingerprint density at radius 3 is 1.71 bits per heavy atom. The van der Waals surface area contributed by atoms with Crippen molar-refractivity contribution in [2.45, 2.75) is 24.7 Å². The second-order valence-corrected chi connectivity index (χ2v) is 19.5.